The number of carbonyl (C=O) groups is 2. The van der Waals surface area contributed by atoms with Gasteiger partial charge in [0.25, 0.3) is 5.91 Å². The molecule has 0 saturated heterocycles. The van der Waals surface area contributed by atoms with E-state index in [0.717, 1.165) is 0 Å². The van der Waals surface area contributed by atoms with Gasteiger partial charge in [-0.2, -0.15) is 0 Å². The molecule has 0 aliphatic carbocycles. The summed E-state index contributed by atoms with van der Waals surface area (Å²) in [6.45, 7) is 0.230. The third-order valence-electron chi connectivity index (χ3n) is 2.47. The normalized spacial score (nSPS) is 10.2. The summed E-state index contributed by atoms with van der Waals surface area (Å²) in [6, 6.07) is 7.27. The summed E-state index contributed by atoms with van der Waals surface area (Å²) in [5.41, 5.74) is 0.738. The molecule has 0 aliphatic rings. The highest BCUT2D eigenvalue weighted by atomic mass is 16.5. The van der Waals surface area contributed by atoms with Crippen LogP contribution in [0.2, 0.25) is 0 Å². The number of hydrogen-bond acceptors (Lipinski definition) is 5. The molecule has 0 bridgehead atoms. The van der Waals surface area contributed by atoms with Gasteiger partial charge in [-0.3, -0.25) is 4.79 Å². The molecule has 0 spiro atoms. The maximum absolute atomic E-state index is 11.9. The molecule has 20 heavy (non-hydrogen) atoms. The molecule has 0 radical (unpaired) electrons. The number of anilines is 1. The Labute approximate surface area is 114 Å². The molecular weight excluding hydrogens is 264 g/mol. The van der Waals surface area contributed by atoms with Crippen molar-refractivity contribution in [2.45, 2.75) is 6.61 Å². The van der Waals surface area contributed by atoms with Crippen molar-refractivity contribution < 1.29 is 24.0 Å². The maximum Gasteiger partial charge on any atom is 0.335 e. The number of carboxylic acids is 1. The van der Waals surface area contributed by atoms with E-state index in [0.29, 0.717) is 11.4 Å². The van der Waals surface area contributed by atoms with Gasteiger partial charge < -0.3 is 19.7 Å². The first kappa shape index (κ1) is 13.8. The van der Waals surface area contributed by atoms with Crippen LogP contribution in [0.5, 0.6) is 0 Å². The smallest absolute Gasteiger partial charge is 0.335 e. The van der Waals surface area contributed by atoms with E-state index in [1.807, 2.05) is 0 Å². The van der Waals surface area contributed by atoms with E-state index in [1.54, 1.807) is 0 Å². The van der Waals surface area contributed by atoms with E-state index in [2.05, 4.69) is 10.5 Å². The number of benzene rings is 1. The Hall–Kier alpha value is -2.67. The molecule has 2 rings (SSSR count). The first-order valence-corrected chi connectivity index (χ1v) is 5.69. The van der Waals surface area contributed by atoms with Crippen LogP contribution in [0.1, 0.15) is 26.6 Å². The third kappa shape index (κ3) is 3.21. The maximum atomic E-state index is 11.9. The number of carboxylic acid groups (broad SMARTS) is 1. The predicted molar refractivity (Wildman–Crippen MR) is 68.6 cm³/mol. The molecule has 0 aliphatic heterocycles. The van der Waals surface area contributed by atoms with Crippen LogP contribution in [0.15, 0.2) is 34.9 Å². The number of ether oxygens (including phenoxy) is 1. The summed E-state index contributed by atoms with van der Waals surface area (Å²) in [7, 11) is 1.51. The second-order valence-corrected chi connectivity index (χ2v) is 3.95. The number of rotatable bonds is 5. The minimum absolute atomic E-state index is 0.124. The number of carbonyl (C=O) groups excluding carboxylic acids is 1. The number of nitrogens with one attached hydrogen (secondary N) is 1. The SMILES string of the molecule is COCc1cc(C(=O)Nc2ccc(C(=O)O)cc2)no1. The van der Waals surface area contributed by atoms with Crippen molar-refractivity contribution >= 4 is 17.6 Å². The highest BCUT2D eigenvalue weighted by Crippen LogP contribution is 2.12. The average molecular weight is 276 g/mol. The van der Waals surface area contributed by atoms with Gasteiger partial charge in [-0.25, -0.2) is 4.79 Å². The van der Waals surface area contributed by atoms with Crippen LogP contribution < -0.4 is 5.32 Å². The lowest BCUT2D eigenvalue weighted by Crippen LogP contribution is -2.12. The fourth-order valence-corrected chi connectivity index (χ4v) is 1.52. The van der Waals surface area contributed by atoms with Crippen molar-refractivity contribution in [3.63, 3.8) is 0 Å². The van der Waals surface area contributed by atoms with Crippen LogP contribution in [0.4, 0.5) is 5.69 Å². The van der Waals surface area contributed by atoms with Gasteiger partial charge in [-0.05, 0) is 24.3 Å². The molecule has 1 aromatic heterocycles. The number of amides is 1. The van der Waals surface area contributed by atoms with E-state index < -0.39 is 11.9 Å². The van der Waals surface area contributed by atoms with Crippen LogP contribution >= 0.6 is 0 Å². The number of nitrogens with zero attached hydrogens (tertiary/aromatic N) is 1. The standard InChI is InChI=1S/C13H12N2O5/c1-19-7-10-6-11(15-20-10)12(16)14-9-4-2-8(3-5-9)13(17)18/h2-6H,7H2,1H3,(H,14,16)(H,17,18). The summed E-state index contributed by atoms with van der Waals surface area (Å²) in [5, 5.41) is 15.0. The Bertz CT molecular complexity index is 618. The first-order chi connectivity index (χ1) is 9.60. The molecular formula is C13H12N2O5. The summed E-state index contributed by atoms with van der Waals surface area (Å²) in [5.74, 6) is -1.03. The van der Waals surface area contributed by atoms with Gasteiger partial charge in [-0.15, -0.1) is 0 Å². The molecule has 1 heterocycles. The number of hydrogen-bond donors (Lipinski definition) is 2. The molecule has 7 nitrogen and oxygen atoms in total. The second-order valence-electron chi connectivity index (χ2n) is 3.95. The topological polar surface area (TPSA) is 102 Å². The van der Waals surface area contributed by atoms with Crippen molar-refractivity contribution in [1.29, 1.82) is 0 Å². The Balaban J connectivity index is 2.04. The third-order valence-corrected chi connectivity index (χ3v) is 2.47. The highest BCUT2D eigenvalue weighted by molar-refractivity contribution is 6.03. The minimum atomic E-state index is -1.02. The Morgan fingerprint density at radius 1 is 1.35 bits per heavy atom. The molecule has 0 fully saturated rings. The lowest BCUT2D eigenvalue weighted by molar-refractivity contribution is 0.0696. The molecule has 2 N–H and O–H groups in total. The van der Waals surface area contributed by atoms with Gasteiger partial charge in [0, 0.05) is 18.9 Å². The van der Waals surface area contributed by atoms with E-state index in [1.165, 1.54) is 37.4 Å². The average Bonchev–Trinajstić information content (AvgIpc) is 2.88. The molecule has 0 unspecified atom stereocenters. The molecule has 1 amide bonds. The van der Waals surface area contributed by atoms with Gasteiger partial charge in [-0.1, -0.05) is 5.16 Å². The van der Waals surface area contributed by atoms with Gasteiger partial charge >= 0.3 is 5.97 Å². The molecule has 1 aromatic carbocycles. The molecule has 7 heteroatoms. The van der Waals surface area contributed by atoms with Crippen molar-refractivity contribution in [2.75, 3.05) is 12.4 Å². The van der Waals surface area contributed by atoms with E-state index in [-0.39, 0.29) is 17.9 Å². The van der Waals surface area contributed by atoms with Gasteiger partial charge in [0.2, 0.25) is 0 Å². The lowest BCUT2D eigenvalue weighted by Gasteiger charge is -2.02. The van der Waals surface area contributed by atoms with Crippen LogP contribution in [0.3, 0.4) is 0 Å². The van der Waals surface area contributed by atoms with Crippen LogP contribution in [0.25, 0.3) is 0 Å². The predicted octanol–water partition coefficient (Wildman–Crippen LogP) is 1.77. The second kappa shape index (κ2) is 5.98. The Morgan fingerprint density at radius 3 is 2.65 bits per heavy atom. The van der Waals surface area contributed by atoms with Gasteiger partial charge in [0.05, 0.1) is 5.56 Å². The highest BCUT2D eigenvalue weighted by Gasteiger charge is 2.13. The van der Waals surface area contributed by atoms with Crippen LogP contribution in [0, 0.1) is 0 Å². The van der Waals surface area contributed by atoms with E-state index >= 15 is 0 Å². The van der Waals surface area contributed by atoms with E-state index in [4.69, 9.17) is 14.4 Å². The molecule has 2 aromatic rings. The zero-order valence-corrected chi connectivity index (χ0v) is 10.6. The first-order valence-electron chi connectivity index (χ1n) is 5.69. The summed E-state index contributed by atoms with van der Waals surface area (Å²) in [6.07, 6.45) is 0. The van der Waals surface area contributed by atoms with E-state index in [9.17, 15) is 9.59 Å². The van der Waals surface area contributed by atoms with Crippen molar-refractivity contribution in [3.8, 4) is 0 Å². The minimum Gasteiger partial charge on any atom is -0.478 e. The lowest BCUT2D eigenvalue weighted by atomic mass is 10.2. The largest absolute Gasteiger partial charge is 0.478 e. The van der Waals surface area contributed by atoms with Gasteiger partial charge in [0.1, 0.15) is 6.61 Å². The summed E-state index contributed by atoms with van der Waals surface area (Å²) < 4.78 is 9.75. The van der Waals surface area contributed by atoms with Crippen LogP contribution in [-0.2, 0) is 11.3 Å². The molecule has 0 atom stereocenters. The van der Waals surface area contributed by atoms with Crippen molar-refractivity contribution in [1.82, 2.24) is 5.16 Å². The Morgan fingerprint density at radius 2 is 2.05 bits per heavy atom. The zero-order chi connectivity index (χ0) is 14.5. The zero-order valence-electron chi connectivity index (χ0n) is 10.6. The number of methoxy groups -OCH3 is 1. The monoisotopic (exact) mass is 276 g/mol. The molecule has 104 valence electrons. The van der Waals surface area contributed by atoms with Crippen molar-refractivity contribution in [2.24, 2.45) is 0 Å². The van der Waals surface area contributed by atoms with Gasteiger partial charge in [0.15, 0.2) is 11.5 Å². The quantitative estimate of drug-likeness (QED) is 0.862. The van der Waals surface area contributed by atoms with Crippen LogP contribution in [-0.4, -0.2) is 29.2 Å². The van der Waals surface area contributed by atoms with Crippen molar-refractivity contribution in [3.05, 3.63) is 47.3 Å². The summed E-state index contributed by atoms with van der Waals surface area (Å²) >= 11 is 0. The molecule has 0 saturated carbocycles. The number of aromatic carboxylic acids is 1. The Kier molecular flexibility index (Phi) is 4.11. The number of aromatic nitrogens is 1. The fraction of sp³-hybridized carbons (Fsp3) is 0.154. The fourth-order valence-electron chi connectivity index (χ4n) is 1.52. The summed E-state index contributed by atoms with van der Waals surface area (Å²) in [4.78, 5) is 22.6.